The Morgan fingerprint density at radius 2 is 1.85 bits per heavy atom. The van der Waals surface area contributed by atoms with Crippen LogP contribution < -0.4 is 5.32 Å². The van der Waals surface area contributed by atoms with Crippen molar-refractivity contribution in [2.24, 2.45) is 11.3 Å². The zero-order valence-electron chi connectivity index (χ0n) is 14.4. The summed E-state index contributed by atoms with van der Waals surface area (Å²) in [6, 6.07) is 2.32. The van der Waals surface area contributed by atoms with Crippen LogP contribution in [-0.4, -0.2) is 36.1 Å². The SMILES string of the molecule is CCCC1CN(C2CCC(C)(C)CC2)C(C(C)C)CN1. The van der Waals surface area contributed by atoms with Crippen LogP contribution >= 0.6 is 0 Å². The molecule has 1 heterocycles. The van der Waals surface area contributed by atoms with Gasteiger partial charge in [-0.2, -0.15) is 0 Å². The molecule has 2 heteroatoms. The van der Waals surface area contributed by atoms with Crippen molar-refractivity contribution in [3.05, 3.63) is 0 Å². The second-order valence-electron chi connectivity index (χ2n) is 8.30. The quantitative estimate of drug-likeness (QED) is 0.835. The molecule has 0 radical (unpaired) electrons. The summed E-state index contributed by atoms with van der Waals surface area (Å²) in [7, 11) is 0. The predicted octanol–water partition coefficient (Wildman–Crippen LogP) is 4.05. The Morgan fingerprint density at radius 1 is 1.20 bits per heavy atom. The largest absolute Gasteiger partial charge is 0.311 e. The molecule has 20 heavy (non-hydrogen) atoms. The van der Waals surface area contributed by atoms with Crippen molar-refractivity contribution in [2.75, 3.05) is 13.1 Å². The lowest BCUT2D eigenvalue weighted by Gasteiger charge is -2.49. The molecule has 2 fully saturated rings. The molecule has 1 saturated carbocycles. The molecule has 1 N–H and O–H groups in total. The van der Waals surface area contributed by atoms with Gasteiger partial charge in [0.25, 0.3) is 0 Å². The van der Waals surface area contributed by atoms with Crippen molar-refractivity contribution >= 4 is 0 Å². The van der Waals surface area contributed by atoms with Gasteiger partial charge in [-0.1, -0.05) is 41.0 Å². The number of rotatable bonds is 4. The van der Waals surface area contributed by atoms with Gasteiger partial charge in [0, 0.05) is 31.2 Å². The minimum atomic E-state index is 0.584. The second kappa shape index (κ2) is 6.79. The third kappa shape index (κ3) is 3.98. The molecule has 2 rings (SSSR count). The summed E-state index contributed by atoms with van der Waals surface area (Å²) in [4.78, 5) is 2.89. The van der Waals surface area contributed by atoms with Crippen molar-refractivity contribution in [3.8, 4) is 0 Å². The molecule has 0 bridgehead atoms. The summed E-state index contributed by atoms with van der Waals surface area (Å²) in [5, 5.41) is 3.80. The number of nitrogens with one attached hydrogen (secondary N) is 1. The van der Waals surface area contributed by atoms with E-state index in [9.17, 15) is 0 Å². The van der Waals surface area contributed by atoms with E-state index in [1.54, 1.807) is 0 Å². The monoisotopic (exact) mass is 280 g/mol. The molecule has 1 saturated heterocycles. The van der Waals surface area contributed by atoms with Crippen LogP contribution in [-0.2, 0) is 0 Å². The smallest absolute Gasteiger partial charge is 0.0247 e. The van der Waals surface area contributed by atoms with E-state index in [1.165, 1.54) is 51.6 Å². The lowest BCUT2D eigenvalue weighted by Crippen LogP contribution is -2.61. The van der Waals surface area contributed by atoms with E-state index in [0.717, 1.165) is 24.0 Å². The fraction of sp³-hybridized carbons (Fsp3) is 1.00. The minimum absolute atomic E-state index is 0.584. The van der Waals surface area contributed by atoms with E-state index >= 15 is 0 Å². The van der Waals surface area contributed by atoms with E-state index in [4.69, 9.17) is 0 Å². The average molecular weight is 280 g/mol. The summed E-state index contributed by atoms with van der Waals surface area (Å²) < 4.78 is 0. The molecule has 0 aromatic carbocycles. The zero-order chi connectivity index (χ0) is 14.8. The molecule has 0 spiro atoms. The molecule has 0 amide bonds. The van der Waals surface area contributed by atoms with Crippen molar-refractivity contribution in [2.45, 2.75) is 91.3 Å². The molecule has 2 atom stereocenters. The maximum atomic E-state index is 3.80. The van der Waals surface area contributed by atoms with Gasteiger partial charge in [-0.25, -0.2) is 0 Å². The summed E-state index contributed by atoms with van der Waals surface area (Å²) in [6.07, 6.45) is 8.27. The third-order valence-corrected chi connectivity index (χ3v) is 5.66. The van der Waals surface area contributed by atoms with Crippen molar-refractivity contribution < 1.29 is 0 Å². The van der Waals surface area contributed by atoms with Gasteiger partial charge >= 0.3 is 0 Å². The van der Waals surface area contributed by atoms with Gasteiger partial charge in [0.1, 0.15) is 0 Å². The highest BCUT2D eigenvalue weighted by atomic mass is 15.3. The zero-order valence-corrected chi connectivity index (χ0v) is 14.4. The average Bonchev–Trinajstić information content (AvgIpc) is 2.38. The fourth-order valence-corrected chi connectivity index (χ4v) is 4.16. The van der Waals surface area contributed by atoms with E-state index in [-0.39, 0.29) is 0 Å². The Bertz CT molecular complexity index is 288. The molecule has 0 aromatic rings. The third-order valence-electron chi connectivity index (χ3n) is 5.66. The molecule has 2 aliphatic rings. The van der Waals surface area contributed by atoms with Crippen molar-refractivity contribution in [1.82, 2.24) is 10.2 Å². The Hall–Kier alpha value is -0.0800. The predicted molar refractivity (Wildman–Crippen MR) is 88.1 cm³/mol. The van der Waals surface area contributed by atoms with Gasteiger partial charge in [0.2, 0.25) is 0 Å². The van der Waals surface area contributed by atoms with Crippen LogP contribution in [0.2, 0.25) is 0 Å². The topological polar surface area (TPSA) is 15.3 Å². The molecule has 118 valence electrons. The van der Waals surface area contributed by atoms with E-state index in [1.807, 2.05) is 0 Å². The highest BCUT2D eigenvalue weighted by Gasteiger charge is 2.37. The van der Waals surface area contributed by atoms with Crippen molar-refractivity contribution in [3.63, 3.8) is 0 Å². The van der Waals surface area contributed by atoms with E-state index in [2.05, 4.69) is 44.8 Å². The first-order chi connectivity index (χ1) is 9.43. The van der Waals surface area contributed by atoms with Gasteiger partial charge < -0.3 is 5.32 Å². The molecule has 1 aliphatic carbocycles. The van der Waals surface area contributed by atoms with Crippen LogP contribution in [0.15, 0.2) is 0 Å². The lowest BCUT2D eigenvalue weighted by molar-refractivity contribution is 0.0205. The normalized spacial score (nSPS) is 32.7. The molecular formula is C18H36N2. The van der Waals surface area contributed by atoms with Gasteiger partial charge in [0.05, 0.1) is 0 Å². The maximum absolute atomic E-state index is 3.80. The second-order valence-corrected chi connectivity index (χ2v) is 8.30. The van der Waals surface area contributed by atoms with Crippen LogP contribution in [0, 0.1) is 11.3 Å². The van der Waals surface area contributed by atoms with E-state index in [0.29, 0.717) is 5.41 Å². The highest BCUT2D eigenvalue weighted by molar-refractivity contribution is 4.93. The van der Waals surface area contributed by atoms with Crippen LogP contribution in [0.3, 0.4) is 0 Å². The fourth-order valence-electron chi connectivity index (χ4n) is 4.16. The Balaban J connectivity index is 2.00. The first-order valence-electron chi connectivity index (χ1n) is 8.92. The van der Waals surface area contributed by atoms with E-state index < -0.39 is 0 Å². The number of hydrogen-bond donors (Lipinski definition) is 1. The summed E-state index contributed by atoms with van der Waals surface area (Å²) >= 11 is 0. The van der Waals surface area contributed by atoms with Gasteiger partial charge in [-0.3, -0.25) is 4.90 Å². The molecular weight excluding hydrogens is 244 g/mol. The highest BCUT2D eigenvalue weighted by Crippen LogP contribution is 2.38. The van der Waals surface area contributed by atoms with Gasteiger partial charge in [-0.15, -0.1) is 0 Å². The van der Waals surface area contributed by atoms with Gasteiger partial charge in [0.15, 0.2) is 0 Å². The lowest BCUT2D eigenvalue weighted by atomic mass is 9.74. The first kappa shape index (κ1) is 16.3. The number of hydrogen-bond acceptors (Lipinski definition) is 2. The summed E-state index contributed by atoms with van der Waals surface area (Å²) in [5.41, 5.74) is 0.584. The first-order valence-corrected chi connectivity index (χ1v) is 8.92. The summed E-state index contributed by atoms with van der Waals surface area (Å²) in [6.45, 7) is 14.5. The molecule has 1 aliphatic heterocycles. The van der Waals surface area contributed by atoms with Crippen LogP contribution in [0.4, 0.5) is 0 Å². The molecule has 2 unspecified atom stereocenters. The molecule has 2 nitrogen and oxygen atoms in total. The number of nitrogens with zero attached hydrogens (tertiary/aromatic N) is 1. The van der Waals surface area contributed by atoms with Crippen LogP contribution in [0.5, 0.6) is 0 Å². The minimum Gasteiger partial charge on any atom is -0.311 e. The van der Waals surface area contributed by atoms with Crippen LogP contribution in [0.1, 0.15) is 73.1 Å². The maximum Gasteiger partial charge on any atom is 0.0247 e. The Kier molecular flexibility index (Phi) is 5.53. The van der Waals surface area contributed by atoms with Crippen molar-refractivity contribution in [1.29, 1.82) is 0 Å². The number of piperazine rings is 1. The summed E-state index contributed by atoms with van der Waals surface area (Å²) in [5.74, 6) is 0.764. The Morgan fingerprint density at radius 3 is 2.40 bits per heavy atom. The molecule has 0 aromatic heterocycles. The van der Waals surface area contributed by atoms with Crippen LogP contribution in [0.25, 0.3) is 0 Å². The van der Waals surface area contributed by atoms with Gasteiger partial charge in [-0.05, 0) is 43.4 Å². The standard InChI is InChI=1S/C18H36N2/c1-6-7-15-13-20(17(12-19-15)14(2)3)16-8-10-18(4,5)11-9-16/h14-17,19H,6-13H2,1-5H3. The Labute approximate surface area is 126 Å².